The Morgan fingerprint density at radius 3 is 2.37 bits per heavy atom. The zero-order chi connectivity index (χ0) is 20.5. The molecule has 2 rings (SSSR count). The number of rotatable bonds is 4. The number of nitrogens with one attached hydrogen (secondary N) is 1. The van der Waals surface area contributed by atoms with Crippen molar-refractivity contribution in [2.45, 2.75) is 46.6 Å². The van der Waals surface area contributed by atoms with Gasteiger partial charge in [-0.1, -0.05) is 24.6 Å². The molecule has 6 nitrogen and oxygen atoms in total. The van der Waals surface area contributed by atoms with Crippen molar-refractivity contribution in [3.63, 3.8) is 0 Å². The normalized spacial score (nSPS) is 11.5. The summed E-state index contributed by atoms with van der Waals surface area (Å²) in [5.74, 6) is -2.08. The van der Waals surface area contributed by atoms with E-state index in [-0.39, 0.29) is 23.6 Å². The van der Waals surface area contributed by atoms with Crippen LogP contribution in [0, 0.1) is 6.92 Å². The summed E-state index contributed by atoms with van der Waals surface area (Å²) in [5, 5.41) is 25.1. The number of halogens is 1. The van der Waals surface area contributed by atoms with Crippen LogP contribution >= 0.6 is 11.6 Å². The maximum absolute atomic E-state index is 12.6. The van der Waals surface area contributed by atoms with E-state index in [1.54, 1.807) is 39.8 Å². The molecule has 0 aromatic heterocycles. The lowest BCUT2D eigenvalue weighted by Crippen LogP contribution is -2.34. The van der Waals surface area contributed by atoms with E-state index < -0.39 is 17.5 Å². The maximum Gasteiger partial charge on any atom is 0.325 e. The number of esters is 1. The van der Waals surface area contributed by atoms with E-state index in [0.717, 1.165) is 0 Å². The largest absolute Gasteiger partial charge is 0.507 e. The predicted octanol–water partition coefficient (Wildman–Crippen LogP) is 3.85. The second kappa shape index (κ2) is 7.64. The van der Waals surface area contributed by atoms with E-state index >= 15 is 0 Å². The number of carbonyl (C=O) groups is 2. The first kappa shape index (κ1) is 20.8. The minimum Gasteiger partial charge on any atom is -0.507 e. The Kier molecular flexibility index (Phi) is 5.90. The molecule has 0 aliphatic rings. The highest BCUT2D eigenvalue weighted by Gasteiger charge is 2.25. The Hall–Kier alpha value is -2.47. The number of phenols is 2. The molecule has 0 heterocycles. The summed E-state index contributed by atoms with van der Waals surface area (Å²) < 4.78 is 5.14. The fourth-order valence-corrected chi connectivity index (χ4v) is 3.11. The molecule has 27 heavy (non-hydrogen) atoms. The molecule has 0 saturated heterocycles. The molecule has 0 unspecified atom stereocenters. The van der Waals surface area contributed by atoms with E-state index in [4.69, 9.17) is 16.3 Å². The standard InChI is InChI=1S/C20H24ClNO5/c1-6-11-12-7-8-13(21)10(2)15(12)18(25)16(17(11)24)19(26)22-9-14(23)27-20(3,4)5/h7-8,24-25H,6,9H2,1-5H3,(H,22,26). The van der Waals surface area contributed by atoms with E-state index in [1.165, 1.54) is 0 Å². The third-order valence-corrected chi connectivity index (χ3v) is 4.52. The van der Waals surface area contributed by atoms with Crippen molar-refractivity contribution >= 4 is 34.2 Å². The topological polar surface area (TPSA) is 95.9 Å². The summed E-state index contributed by atoms with van der Waals surface area (Å²) >= 11 is 6.16. The van der Waals surface area contributed by atoms with Gasteiger partial charge in [0, 0.05) is 16.0 Å². The molecular formula is C20H24ClNO5. The number of phenolic OH excluding ortho intramolecular Hbond substituents is 2. The van der Waals surface area contributed by atoms with Gasteiger partial charge in [0.25, 0.3) is 5.91 Å². The monoisotopic (exact) mass is 393 g/mol. The highest BCUT2D eigenvalue weighted by Crippen LogP contribution is 2.42. The molecule has 0 radical (unpaired) electrons. The number of fused-ring (bicyclic) bond motifs is 1. The van der Waals surface area contributed by atoms with Gasteiger partial charge >= 0.3 is 5.97 Å². The molecule has 1 amide bonds. The Morgan fingerprint density at radius 2 is 1.81 bits per heavy atom. The first-order valence-electron chi connectivity index (χ1n) is 8.63. The predicted molar refractivity (Wildman–Crippen MR) is 105 cm³/mol. The van der Waals surface area contributed by atoms with Crippen LogP contribution in [-0.2, 0) is 16.0 Å². The number of hydrogen-bond donors (Lipinski definition) is 3. The maximum atomic E-state index is 12.6. The molecule has 0 atom stereocenters. The Morgan fingerprint density at radius 1 is 1.19 bits per heavy atom. The number of aryl methyl sites for hydroxylation is 2. The molecular weight excluding hydrogens is 370 g/mol. The second-order valence-electron chi connectivity index (χ2n) is 7.27. The number of carbonyl (C=O) groups excluding carboxylic acids is 2. The van der Waals surface area contributed by atoms with Crippen LogP contribution < -0.4 is 5.32 Å². The van der Waals surface area contributed by atoms with Crippen LogP contribution in [0.3, 0.4) is 0 Å². The first-order chi connectivity index (χ1) is 12.5. The number of amides is 1. The lowest BCUT2D eigenvalue weighted by molar-refractivity contribution is -0.153. The lowest BCUT2D eigenvalue weighted by atomic mass is 9.93. The number of hydrogen-bond acceptors (Lipinski definition) is 5. The van der Waals surface area contributed by atoms with E-state index in [1.807, 2.05) is 6.92 Å². The minimum absolute atomic E-state index is 0.284. The van der Waals surface area contributed by atoms with Crippen LogP contribution in [0.1, 0.15) is 49.2 Å². The van der Waals surface area contributed by atoms with Crippen LogP contribution in [0.2, 0.25) is 5.02 Å². The second-order valence-corrected chi connectivity index (χ2v) is 7.68. The summed E-state index contributed by atoms with van der Waals surface area (Å²) in [4.78, 5) is 24.4. The average Bonchev–Trinajstić information content (AvgIpc) is 2.55. The van der Waals surface area contributed by atoms with Crippen molar-refractivity contribution in [2.75, 3.05) is 6.54 Å². The van der Waals surface area contributed by atoms with Crippen molar-refractivity contribution in [3.8, 4) is 11.5 Å². The molecule has 0 fully saturated rings. The molecule has 2 aromatic carbocycles. The van der Waals surface area contributed by atoms with Gasteiger partial charge in [-0.05, 0) is 51.1 Å². The van der Waals surface area contributed by atoms with E-state index in [2.05, 4.69) is 5.32 Å². The van der Waals surface area contributed by atoms with E-state index in [9.17, 15) is 19.8 Å². The zero-order valence-electron chi connectivity index (χ0n) is 16.1. The van der Waals surface area contributed by atoms with Gasteiger partial charge < -0.3 is 20.3 Å². The van der Waals surface area contributed by atoms with Gasteiger partial charge in [0.2, 0.25) is 0 Å². The summed E-state index contributed by atoms with van der Waals surface area (Å²) in [5.41, 5.74) is 0.152. The molecule has 7 heteroatoms. The molecule has 2 aromatic rings. The third kappa shape index (κ3) is 4.27. The molecule has 146 valence electrons. The van der Waals surface area contributed by atoms with Gasteiger partial charge in [-0.3, -0.25) is 9.59 Å². The van der Waals surface area contributed by atoms with Crippen LogP contribution in [0.15, 0.2) is 12.1 Å². The van der Waals surface area contributed by atoms with Crippen molar-refractivity contribution in [2.24, 2.45) is 0 Å². The van der Waals surface area contributed by atoms with Crippen molar-refractivity contribution in [1.29, 1.82) is 0 Å². The molecule has 0 spiro atoms. The average molecular weight is 394 g/mol. The lowest BCUT2D eigenvalue weighted by Gasteiger charge is -2.20. The number of aromatic hydroxyl groups is 2. The van der Waals surface area contributed by atoms with Crippen LogP contribution in [-0.4, -0.2) is 34.2 Å². The summed E-state index contributed by atoms with van der Waals surface area (Å²) in [6.45, 7) is 8.32. The fraction of sp³-hybridized carbons (Fsp3) is 0.400. The summed E-state index contributed by atoms with van der Waals surface area (Å²) in [7, 11) is 0. The zero-order valence-corrected chi connectivity index (χ0v) is 16.8. The SMILES string of the molecule is CCc1c(O)c(C(=O)NCC(=O)OC(C)(C)C)c(O)c2c(C)c(Cl)ccc12. The van der Waals surface area contributed by atoms with Crippen molar-refractivity contribution in [3.05, 3.63) is 33.8 Å². The molecule has 3 N–H and O–H groups in total. The Balaban J connectivity index is 2.47. The van der Waals surface area contributed by atoms with Gasteiger partial charge in [0.15, 0.2) is 0 Å². The van der Waals surface area contributed by atoms with Gasteiger partial charge in [-0.2, -0.15) is 0 Å². The molecule has 0 aliphatic heterocycles. The van der Waals surface area contributed by atoms with E-state index in [0.29, 0.717) is 33.3 Å². The number of benzene rings is 2. The minimum atomic E-state index is -0.771. The van der Waals surface area contributed by atoms with Crippen LogP contribution in [0.4, 0.5) is 0 Å². The van der Waals surface area contributed by atoms with Gasteiger partial charge in [0.1, 0.15) is 29.2 Å². The fourth-order valence-electron chi connectivity index (χ4n) is 2.95. The molecule has 0 saturated carbocycles. The van der Waals surface area contributed by atoms with Crippen LogP contribution in [0.25, 0.3) is 10.8 Å². The summed E-state index contributed by atoms with van der Waals surface area (Å²) in [6.07, 6.45) is 0.441. The third-order valence-electron chi connectivity index (χ3n) is 4.11. The van der Waals surface area contributed by atoms with Crippen LogP contribution in [0.5, 0.6) is 11.5 Å². The Labute approximate surface area is 163 Å². The Bertz CT molecular complexity index is 915. The van der Waals surface area contributed by atoms with Crippen molar-refractivity contribution < 1.29 is 24.5 Å². The van der Waals surface area contributed by atoms with Crippen molar-refractivity contribution in [1.82, 2.24) is 5.32 Å². The quantitative estimate of drug-likeness (QED) is 0.686. The summed E-state index contributed by atoms with van der Waals surface area (Å²) in [6, 6.07) is 3.38. The first-order valence-corrected chi connectivity index (χ1v) is 9.01. The highest BCUT2D eigenvalue weighted by atomic mass is 35.5. The highest BCUT2D eigenvalue weighted by molar-refractivity contribution is 6.32. The molecule has 0 aliphatic carbocycles. The molecule has 0 bridgehead atoms. The number of ether oxygens (including phenoxy) is 1. The smallest absolute Gasteiger partial charge is 0.325 e. The van der Waals surface area contributed by atoms with Gasteiger partial charge in [-0.25, -0.2) is 0 Å². The van der Waals surface area contributed by atoms with Gasteiger partial charge in [0.05, 0.1) is 0 Å². The van der Waals surface area contributed by atoms with Gasteiger partial charge in [-0.15, -0.1) is 0 Å².